The van der Waals surface area contributed by atoms with E-state index in [1.165, 1.54) is 25.3 Å². The largest absolute Gasteiger partial charge is 0.374 e. The van der Waals surface area contributed by atoms with E-state index < -0.39 is 0 Å². The maximum absolute atomic E-state index is 13.9. The number of fused-ring (bicyclic) bond motifs is 1. The van der Waals surface area contributed by atoms with Crippen molar-refractivity contribution in [2.75, 3.05) is 25.0 Å². The van der Waals surface area contributed by atoms with E-state index in [1.807, 2.05) is 6.07 Å². The summed E-state index contributed by atoms with van der Waals surface area (Å²) in [4.78, 5) is 2.52. The fourth-order valence-corrected chi connectivity index (χ4v) is 3.66. The zero-order chi connectivity index (χ0) is 13.3. The number of nitrogens with one attached hydrogen (secondary N) is 1. The van der Waals surface area contributed by atoms with Gasteiger partial charge in [-0.15, -0.1) is 0 Å². The summed E-state index contributed by atoms with van der Waals surface area (Å²) >= 11 is 0. The summed E-state index contributed by atoms with van der Waals surface area (Å²) < 4.78 is 13.9. The first-order chi connectivity index (χ1) is 9.25. The van der Waals surface area contributed by atoms with Crippen LogP contribution < -0.4 is 11.1 Å². The normalized spacial score (nSPS) is 31.2. The fourth-order valence-electron chi connectivity index (χ4n) is 3.66. The first kappa shape index (κ1) is 12.9. The molecule has 1 aromatic carbocycles. The van der Waals surface area contributed by atoms with Crippen molar-refractivity contribution in [1.29, 1.82) is 0 Å². The van der Waals surface area contributed by atoms with Crippen molar-refractivity contribution in [3.05, 3.63) is 30.1 Å². The number of nitrogens with zero attached hydrogens (tertiary/aromatic N) is 1. The van der Waals surface area contributed by atoms with Gasteiger partial charge in [-0.05, 0) is 37.9 Å². The minimum atomic E-state index is -0.190. The quantitative estimate of drug-likeness (QED) is 0.878. The number of benzene rings is 1. The van der Waals surface area contributed by atoms with Crippen LogP contribution in [0.5, 0.6) is 0 Å². The van der Waals surface area contributed by atoms with Gasteiger partial charge < -0.3 is 11.1 Å². The zero-order valence-corrected chi connectivity index (χ0v) is 11.2. The van der Waals surface area contributed by atoms with Crippen LogP contribution in [0.2, 0.25) is 0 Å². The number of halogens is 1. The third kappa shape index (κ3) is 2.23. The zero-order valence-electron chi connectivity index (χ0n) is 11.2. The second kappa shape index (κ2) is 5.10. The van der Waals surface area contributed by atoms with Gasteiger partial charge in [0.1, 0.15) is 5.82 Å². The van der Waals surface area contributed by atoms with Crippen LogP contribution >= 0.6 is 0 Å². The van der Waals surface area contributed by atoms with Crippen LogP contribution in [0, 0.1) is 5.82 Å². The molecule has 104 valence electrons. The van der Waals surface area contributed by atoms with Crippen LogP contribution in [-0.2, 0) is 0 Å². The van der Waals surface area contributed by atoms with Gasteiger partial charge in [-0.1, -0.05) is 18.6 Å². The highest BCUT2D eigenvalue weighted by Gasteiger charge is 2.47. The third-order valence-electron chi connectivity index (χ3n) is 4.72. The molecule has 2 unspecified atom stereocenters. The number of hydrogen-bond donors (Lipinski definition) is 2. The Balaban J connectivity index is 1.85. The van der Waals surface area contributed by atoms with Gasteiger partial charge >= 0.3 is 0 Å². The summed E-state index contributed by atoms with van der Waals surface area (Å²) in [6, 6.07) is 7.34. The summed E-state index contributed by atoms with van der Waals surface area (Å²) in [5.74, 6) is -0.190. The molecular weight excluding hydrogens is 241 g/mol. The Morgan fingerprint density at radius 2 is 2.16 bits per heavy atom. The Morgan fingerprint density at radius 3 is 2.95 bits per heavy atom. The van der Waals surface area contributed by atoms with E-state index in [2.05, 4.69) is 10.2 Å². The lowest BCUT2D eigenvalue weighted by Gasteiger charge is -2.41. The van der Waals surface area contributed by atoms with Crippen molar-refractivity contribution in [2.45, 2.75) is 37.3 Å². The number of para-hydroxylation sites is 1. The van der Waals surface area contributed by atoms with Crippen molar-refractivity contribution in [3.63, 3.8) is 0 Å². The Morgan fingerprint density at radius 1 is 1.32 bits per heavy atom. The Labute approximate surface area is 114 Å². The smallest absolute Gasteiger partial charge is 0.146 e. The number of hydrogen-bond acceptors (Lipinski definition) is 3. The SMILES string of the molecule is NCC1(Nc2ccccc2F)CCN2CCCCC21. The molecule has 2 atom stereocenters. The van der Waals surface area contributed by atoms with Crippen molar-refractivity contribution in [1.82, 2.24) is 4.90 Å². The van der Waals surface area contributed by atoms with Gasteiger partial charge in [0.15, 0.2) is 0 Å². The Hall–Kier alpha value is -1.13. The third-order valence-corrected chi connectivity index (χ3v) is 4.72. The summed E-state index contributed by atoms with van der Waals surface area (Å²) in [7, 11) is 0. The molecule has 2 saturated heterocycles. The first-order valence-electron chi connectivity index (χ1n) is 7.22. The topological polar surface area (TPSA) is 41.3 Å². The average molecular weight is 263 g/mol. The lowest BCUT2D eigenvalue weighted by molar-refractivity contribution is 0.167. The van der Waals surface area contributed by atoms with Gasteiger partial charge in [0, 0.05) is 19.1 Å². The number of anilines is 1. The standard InChI is InChI=1S/C15H22FN3/c16-12-5-1-2-6-13(12)18-15(11-17)8-10-19-9-4-3-7-14(15)19/h1-2,5-6,14,18H,3-4,7-11,17H2. The van der Waals surface area contributed by atoms with Gasteiger partial charge in [0.2, 0.25) is 0 Å². The van der Waals surface area contributed by atoms with Crippen LogP contribution in [0.3, 0.4) is 0 Å². The van der Waals surface area contributed by atoms with Crippen LogP contribution in [0.15, 0.2) is 24.3 Å². The second-order valence-electron chi connectivity index (χ2n) is 5.76. The van der Waals surface area contributed by atoms with E-state index >= 15 is 0 Å². The highest BCUT2D eigenvalue weighted by molar-refractivity contribution is 5.48. The predicted molar refractivity (Wildman–Crippen MR) is 75.6 cm³/mol. The number of nitrogens with two attached hydrogens (primary N) is 1. The first-order valence-corrected chi connectivity index (χ1v) is 7.22. The second-order valence-corrected chi connectivity index (χ2v) is 5.76. The molecule has 0 bridgehead atoms. The maximum Gasteiger partial charge on any atom is 0.146 e. The molecule has 1 aromatic rings. The van der Waals surface area contributed by atoms with Gasteiger partial charge in [-0.25, -0.2) is 4.39 Å². The van der Waals surface area contributed by atoms with Crippen molar-refractivity contribution in [2.24, 2.45) is 5.73 Å². The molecule has 3 nitrogen and oxygen atoms in total. The monoisotopic (exact) mass is 263 g/mol. The summed E-state index contributed by atoms with van der Waals surface area (Å²) in [5.41, 5.74) is 6.48. The lowest BCUT2D eigenvalue weighted by atomic mass is 9.85. The van der Waals surface area contributed by atoms with Gasteiger partial charge in [0.05, 0.1) is 11.2 Å². The van der Waals surface area contributed by atoms with Crippen molar-refractivity contribution in [3.8, 4) is 0 Å². The van der Waals surface area contributed by atoms with E-state index in [0.29, 0.717) is 18.3 Å². The molecule has 2 fully saturated rings. The predicted octanol–water partition coefficient (Wildman–Crippen LogP) is 2.19. The fraction of sp³-hybridized carbons (Fsp3) is 0.600. The van der Waals surface area contributed by atoms with Crippen LogP contribution in [0.25, 0.3) is 0 Å². The molecule has 2 heterocycles. The number of rotatable bonds is 3. The van der Waals surface area contributed by atoms with E-state index in [4.69, 9.17) is 5.73 Å². The Kier molecular flexibility index (Phi) is 3.46. The van der Waals surface area contributed by atoms with Crippen LogP contribution in [-0.4, -0.2) is 36.1 Å². The minimum Gasteiger partial charge on any atom is -0.374 e. The molecule has 4 heteroatoms. The Bertz CT molecular complexity index is 451. The van der Waals surface area contributed by atoms with Crippen molar-refractivity contribution >= 4 is 5.69 Å². The van der Waals surface area contributed by atoms with Crippen molar-refractivity contribution < 1.29 is 4.39 Å². The molecule has 2 aliphatic rings. The molecule has 3 N–H and O–H groups in total. The van der Waals surface area contributed by atoms with E-state index in [9.17, 15) is 4.39 Å². The maximum atomic E-state index is 13.9. The molecule has 2 aliphatic heterocycles. The highest BCUT2D eigenvalue weighted by atomic mass is 19.1. The molecule has 0 amide bonds. The van der Waals surface area contributed by atoms with Gasteiger partial charge in [-0.3, -0.25) is 4.90 Å². The molecule has 0 spiro atoms. The number of piperidine rings is 1. The molecular formula is C15H22FN3. The summed E-state index contributed by atoms with van der Waals surface area (Å²) in [6.07, 6.45) is 4.69. The minimum absolute atomic E-state index is 0.164. The van der Waals surface area contributed by atoms with E-state index in [1.54, 1.807) is 12.1 Å². The van der Waals surface area contributed by atoms with Gasteiger partial charge in [-0.2, -0.15) is 0 Å². The van der Waals surface area contributed by atoms with E-state index in [-0.39, 0.29) is 11.4 Å². The lowest BCUT2D eigenvalue weighted by Crippen LogP contribution is -2.56. The van der Waals surface area contributed by atoms with Crippen LogP contribution in [0.1, 0.15) is 25.7 Å². The molecule has 0 aliphatic carbocycles. The molecule has 3 rings (SSSR count). The molecule has 0 aromatic heterocycles. The highest BCUT2D eigenvalue weighted by Crippen LogP contribution is 2.37. The molecule has 0 radical (unpaired) electrons. The summed E-state index contributed by atoms with van der Waals surface area (Å²) in [6.45, 7) is 2.79. The van der Waals surface area contributed by atoms with E-state index in [0.717, 1.165) is 19.5 Å². The summed E-state index contributed by atoms with van der Waals surface area (Å²) in [5, 5.41) is 3.43. The molecule has 19 heavy (non-hydrogen) atoms. The average Bonchev–Trinajstić information content (AvgIpc) is 2.81. The van der Waals surface area contributed by atoms with Crippen LogP contribution in [0.4, 0.5) is 10.1 Å². The van der Waals surface area contributed by atoms with Gasteiger partial charge in [0.25, 0.3) is 0 Å². The molecule has 0 saturated carbocycles.